The second-order valence-electron chi connectivity index (χ2n) is 2.70. The largest absolute Gasteiger partial charge is 0.394 e. The first kappa shape index (κ1) is 9.00. The van der Waals surface area contributed by atoms with Crippen LogP contribution in [0.2, 0.25) is 0 Å². The molecule has 3 nitrogen and oxygen atoms in total. The quantitative estimate of drug-likeness (QED) is 0.685. The molecule has 1 atom stereocenters. The second kappa shape index (κ2) is 4.07. The third-order valence-electron chi connectivity index (χ3n) is 2.02. The van der Waals surface area contributed by atoms with E-state index in [9.17, 15) is 4.79 Å². The van der Waals surface area contributed by atoms with E-state index in [1.807, 2.05) is 0 Å². The monoisotopic (exact) mass is 221 g/mol. The Kier molecular flexibility index (Phi) is 3.33. The van der Waals surface area contributed by atoms with Gasteiger partial charge >= 0.3 is 0 Å². The Morgan fingerprint density at radius 1 is 1.73 bits per heavy atom. The summed E-state index contributed by atoms with van der Waals surface area (Å²) in [5.74, 6) is 0.0848. The summed E-state index contributed by atoms with van der Waals surface area (Å²) < 4.78 is 0. The van der Waals surface area contributed by atoms with Gasteiger partial charge in [0, 0.05) is 6.54 Å². The summed E-state index contributed by atoms with van der Waals surface area (Å²) in [5.41, 5.74) is 0. The summed E-state index contributed by atoms with van der Waals surface area (Å²) in [6.07, 6.45) is 1.96. The molecule has 0 aliphatic carbocycles. The molecule has 1 unspecified atom stereocenters. The highest BCUT2D eigenvalue weighted by molar-refractivity contribution is 9.09. The van der Waals surface area contributed by atoms with Crippen LogP contribution in [0.1, 0.15) is 12.8 Å². The minimum absolute atomic E-state index is 0.0695. The SMILES string of the molecule is O=C(CBr)N1CCCC1CO. The number of hydrogen-bond donors (Lipinski definition) is 1. The van der Waals surface area contributed by atoms with Crippen LogP contribution in [-0.4, -0.2) is 40.4 Å². The van der Waals surface area contributed by atoms with E-state index < -0.39 is 0 Å². The van der Waals surface area contributed by atoms with E-state index in [2.05, 4.69) is 15.9 Å². The summed E-state index contributed by atoms with van der Waals surface area (Å²) in [7, 11) is 0. The summed E-state index contributed by atoms with van der Waals surface area (Å²) in [5, 5.41) is 9.24. The molecule has 0 bridgehead atoms. The van der Waals surface area contributed by atoms with Gasteiger partial charge in [0.1, 0.15) is 0 Å². The molecule has 0 spiro atoms. The molecule has 1 N–H and O–H groups in total. The number of likely N-dealkylation sites (tertiary alicyclic amines) is 1. The standard InChI is InChI=1S/C7H12BrNO2/c8-4-7(11)9-3-1-2-6(9)5-10/h6,10H,1-5H2. The zero-order chi connectivity index (χ0) is 8.27. The van der Waals surface area contributed by atoms with Gasteiger partial charge in [0.25, 0.3) is 0 Å². The van der Waals surface area contributed by atoms with Crippen molar-refractivity contribution in [3.05, 3.63) is 0 Å². The summed E-state index contributed by atoms with van der Waals surface area (Å²) in [6.45, 7) is 0.897. The van der Waals surface area contributed by atoms with Gasteiger partial charge in [0.15, 0.2) is 0 Å². The highest BCUT2D eigenvalue weighted by Gasteiger charge is 2.26. The summed E-state index contributed by atoms with van der Waals surface area (Å²) >= 11 is 3.11. The number of amides is 1. The first-order chi connectivity index (χ1) is 5.29. The zero-order valence-electron chi connectivity index (χ0n) is 6.29. The van der Waals surface area contributed by atoms with E-state index in [0.29, 0.717) is 5.33 Å². The number of hydrogen-bond acceptors (Lipinski definition) is 2. The molecular formula is C7H12BrNO2. The molecule has 4 heteroatoms. The maximum Gasteiger partial charge on any atom is 0.233 e. The predicted molar refractivity (Wildman–Crippen MR) is 45.6 cm³/mol. The fraction of sp³-hybridized carbons (Fsp3) is 0.857. The first-order valence-electron chi connectivity index (χ1n) is 3.76. The third-order valence-corrected chi connectivity index (χ3v) is 2.50. The number of rotatable bonds is 2. The van der Waals surface area contributed by atoms with Crippen LogP contribution in [0.15, 0.2) is 0 Å². The Morgan fingerprint density at radius 3 is 3.00 bits per heavy atom. The molecule has 1 saturated heterocycles. The van der Waals surface area contributed by atoms with Gasteiger partial charge in [0.2, 0.25) is 5.91 Å². The van der Waals surface area contributed by atoms with Crippen LogP contribution in [-0.2, 0) is 4.79 Å². The van der Waals surface area contributed by atoms with Crippen molar-refractivity contribution in [2.75, 3.05) is 18.5 Å². The fourth-order valence-electron chi connectivity index (χ4n) is 1.43. The van der Waals surface area contributed by atoms with Crippen molar-refractivity contribution in [3.63, 3.8) is 0 Å². The van der Waals surface area contributed by atoms with Crippen molar-refractivity contribution in [3.8, 4) is 0 Å². The molecule has 1 heterocycles. The van der Waals surface area contributed by atoms with Crippen molar-refractivity contribution in [2.24, 2.45) is 0 Å². The van der Waals surface area contributed by atoms with Crippen molar-refractivity contribution in [2.45, 2.75) is 18.9 Å². The van der Waals surface area contributed by atoms with E-state index in [-0.39, 0.29) is 18.6 Å². The van der Waals surface area contributed by atoms with Gasteiger partial charge in [-0.25, -0.2) is 0 Å². The van der Waals surface area contributed by atoms with Crippen LogP contribution in [0, 0.1) is 0 Å². The van der Waals surface area contributed by atoms with E-state index in [0.717, 1.165) is 19.4 Å². The van der Waals surface area contributed by atoms with E-state index in [1.54, 1.807) is 4.90 Å². The van der Waals surface area contributed by atoms with Crippen molar-refractivity contribution in [1.29, 1.82) is 0 Å². The van der Waals surface area contributed by atoms with Crippen LogP contribution < -0.4 is 0 Å². The first-order valence-corrected chi connectivity index (χ1v) is 4.88. The number of carbonyl (C=O) groups excluding carboxylic acids is 1. The molecule has 1 fully saturated rings. The second-order valence-corrected chi connectivity index (χ2v) is 3.26. The maximum absolute atomic E-state index is 11.2. The van der Waals surface area contributed by atoms with Crippen LogP contribution in [0.25, 0.3) is 0 Å². The van der Waals surface area contributed by atoms with Gasteiger partial charge in [-0.2, -0.15) is 0 Å². The average molecular weight is 222 g/mol. The number of halogens is 1. The topological polar surface area (TPSA) is 40.5 Å². The van der Waals surface area contributed by atoms with Gasteiger partial charge in [-0.3, -0.25) is 4.79 Å². The smallest absolute Gasteiger partial charge is 0.233 e. The lowest BCUT2D eigenvalue weighted by atomic mass is 10.2. The molecular weight excluding hydrogens is 210 g/mol. The number of nitrogens with zero attached hydrogens (tertiary/aromatic N) is 1. The highest BCUT2D eigenvalue weighted by Crippen LogP contribution is 2.16. The van der Waals surface area contributed by atoms with Crippen molar-refractivity contribution in [1.82, 2.24) is 4.90 Å². The van der Waals surface area contributed by atoms with Crippen LogP contribution in [0.3, 0.4) is 0 Å². The Hall–Kier alpha value is -0.0900. The van der Waals surface area contributed by atoms with E-state index in [1.165, 1.54) is 0 Å². The number of aliphatic hydroxyl groups is 1. The Balaban J connectivity index is 2.49. The fourth-order valence-corrected chi connectivity index (χ4v) is 1.75. The lowest BCUT2D eigenvalue weighted by Crippen LogP contribution is -2.38. The minimum Gasteiger partial charge on any atom is -0.394 e. The summed E-state index contributed by atoms with van der Waals surface area (Å²) in [6, 6.07) is 0.0695. The predicted octanol–water partition coefficient (Wildman–Crippen LogP) is 0.365. The lowest BCUT2D eigenvalue weighted by Gasteiger charge is -2.21. The maximum atomic E-state index is 11.2. The van der Waals surface area contributed by atoms with Gasteiger partial charge in [-0.15, -0.1) is 0 Å². The van der Waals surface area contributed by atoms with Crippen molar-refractivity contribution < 1.29 is 9.90 Å². The third kappa shape index (κ3) is 1.93. The lowest BCUT2D eigenvalue weighted by molar-refractivity contribution is -0.129. The normalized spacial score (nSPS) is 24.2. The van der Waals surface area contributed by atoms with Gasteiger partial charge in [-0.1, -0.05) is 15.9 Å². The number of alkyl halides is 1. The van der Waals surface area contributed by atoms with Crippen LogP contribution in [0.5, 0.6) is 0 Å². The molecule has 0 aromatic rings. The Morgan fingerprint density at radius 2 is 2.45 bits per heavy atom. The van der Waals surface area contributed by atoms with Crippen molar-refractivity contribution >= 4 is 21.8 Å². The number of carbonyl (C=O) groups is 1. The molecule has 0 aromatic heterocycles. The number of aliphatic hydroxyl groups excluding tert-OH is 1. The molecule has 0 radical (unpaired) electrons. The molecule has 11 heavy (non-hydrogen) atoms. The van der Waals surface area contributed by atoms with Crippen LogP contribution in [0.4, 0.5) is 0 Å². The highest BCUT2D eigenvalue weighted by atomic mass is 79.9. The molecule has 1 rings (SSSR count). The van der Waals surface area contributed by atoms with E-state index >= 15 is 0 Å². The molecule has 1 amide bonds. The van der Waals surface area contributed by atoms with Gasteiger partial charge in [0.05, 0.1) is 18.0 Å². The molecule has 1 aliphatic rings. The summed E-state index contributed by atoms with van der Waals surface area (Å²) in [4.78, 5) is 12.9. The van der Waals surface area contributed by atoms with Gasteiger partial charge in [-0.05, 0) is 12.8 Å². The molecule has 64 valence electrons. The average Bonchev–Trinajstić information content (AvgIpc) is 2.50. The van der Waals surface area contributed by atoms with Crippen LogP contribution >= 0.6 is 15.9 Å². The Bertz CT molecular complexity index is 151. The minimum atomic E-state index is 0.0695. The molecule has 1 aliphatic heterocycles. The van der Waals surface area contributed by atoms with E-state index in [4.69, 9.17) is 5.11 Å². The Labute approximate surface area is 74.5 Å². The van der Waals surface area contributed by atoms with Gasteiger partial charge < -0.3 is 10.0 Å². The zero-order valence-corrected chi connectivity index (χ0v) is 7.88. The molecule has 0 saturated carbocycles. The molecule has 0 aromatic carbocycles.